The summed E-state index contributed by atoms with van der Waals surface area (Å²) in [4.78, 5) is 161. The van der Waals surface area contributed by atoms with Crippen LogP contribution >= 0.6 is 0 Å². The number of aryl methyl sites for hydroxylation is 3. The first kappa shape index (κ1) is 87.6. The van der Waals surface area contributed by atoms with Gasteiger partial charge in [-0.3, -0.25) is 59.4 Å². The fourth-order valence-corrected chi connectivity index (χ4v) is 17.0. The van der Waals surface area contributed by atoms with Crippen LogP contribution in [0.5, 0.6) is 0 Å². The topological polar surface area (TPSA) is 411 Å². The number of fused-ring (bicyclic) bond motifs is 3. The van der Waals surface area contributed by atoms with E-state index in [0.717, 1.165) is 112 Å². The van der Waals surface area contributed by atoms with E-state index in [1.807, 2.05) is 46.4 Å². The summed E-state index contributed by atoms with van der Waals surface area (Å²) in [5, 5.41) is 37.5. The van der Waals surface area contributed by atoms with Gasteiger partial charge in [-0.25, -0.2) is 44.3 Å². The van der Waals surface area contributed by atoms with Crippen LogP contribution in [-0.4, -0.2) is 281 Å². The highest BCUT2D eigenvalue weighted by molar-refractivity contribution is 6.04. The van der Waals surface area contributed by atoms with Gasteiger partial charge in [-0.1, -0.05) is 0 Å². The summed E-state index contributed by atoms with van der Waals surface area (Å²) in [6, 6.07) is 16.9. The van der Waals surface area contributed by atoms with Crippen molar-refractivity contribution in [1.29, 1.82) is 15.8 Å². The summed E-state index contributed by atoms with van der Waals surface area (Å²) < 4.78 is 22.0. The number of anilines is 9. The van der Waals surface area contributed by atoms with Crippen molar-refractivity contribution in [2.24, 2.45) is 0 Å². The number of nitrogens with one attached hydrogen (secondary N) is 3. The Kier molecular flexibility index (Phi) is 28.7. The molecule has 0 radical (unpaired) electrons. The number of likely N-dealkylation sites (N-methyl/N-ethyl adjacent to an activating group) is 5. The molecule has 36 heteroatoms. The zero-order valence-electron chi connectivity index (χ0n) is 70.4. The molecule has 6 fully saturated rings. The van der Waals surface area contributed by atoms with Crippen molar-refractivity contribution in [2.45, 2.75) is 152 Å². The highest BCUT2D eigenvalue weighted by Crippen LogP contribution is 2.37. The van der Waals surface area contributed by atoms with Crippen LogP contribution < -0.4 is 45.3 Å². The average molecular weight is 1670 g/mol. The number of rotatable bonds is 21. The second-order valence-corrected chi connectivity index (χ2v) is 32.4. The van der Waals surface area contributed by atoms with Gasteiger partial charge in [0.25, 0.3) is 17.7 Å². The highest BCUT2D eigenvalue weighted by atomic mass is 16.5. The first-order chi connectivity index (χ1) is 59.0. The van der Waals surface area contributed by atoms with Crippen LogP contribution in [0.15, 0.2) is 55.0 Å². The van der Waals surface area contributed by atoms with Crippen molar-refractivity contribution < 1.29 is 62.1 Å². The van der Waals surface area contributed by atoms with Crippen LogP contribution in [0.25, 0.3) is 0 Å². The molecule has 122 heavy (non-hydrogen) atoms. The maximum atomic E-state index is 13.5. The Bertz CT molecular complexity index is 4840. The molecule has 9 amide bonds. The van der Waals surface area contributed by atoms with Crippen LogP contribution in [0.4, 0.5) is 66.4 Å². The first-order valence-corrected chi connectivity index (χ1v) is 41.6. The second kappa shape index (κ2) is 40.0. The number of nitriles is 3. The second-order valence-electron chi connectivity index (χ2n) is 32.4. The smallest absolute Gasteiger partial charge is 0.328 e. The van der Waals surface area contributed by atoms with Crippen molar-refractivity contribution in [3.63, 3.8) is 0 Å². The Balaban J connectivity index is 0.000000158. The van der Waals surface area contributed by atoms with Gasteiger partial charge in [-0.15, -0.1) is 0 Å². The fraction of sp³-hybridized carbons (Fsp3) is 0.512. The molecule has 642 valence electrons. The van der Waals surface area contributed by atoms with Crippen molar-refractivity contribution >= 4 is 107 Å². The number of methoxy groups -OCH3 is 1. The summed E-state index contributed by atoms with van der Waals surface area (Å²) in [7, 11) is 14.9. The molecule has 36 nitrogen and oxygen atoms in total. The predicted molar refractivity (Wildman–Crippen MR) is 452 cm³/mol. The van der Waals surface area contributed by atoms with Crippen LogP contribution in [0, 0.1) is 34.0 Å². The first-order valence-electron chi connectivity index (χ1n) is 41.6. The number of amides is 9. The number of hydrogen-bond acceptors (Lipinski definition) is 27. The van der Waals surface area contributed by atoms with Crippen LogP contribution in [0.3, 0.4) is 0 Å². The molecule has 0 spiro atoms. The number of carbonyl (C=O) groups excluding carboxylic acids is 9. The van der Waals surface area contributed by atoms with E-state index in [4.69, 9.17) is 18.9 Å². The minimum Gasteiger partial charge on any atom is -0.380 e. The van der Waals surface area contributed by atoms with E-state index in [-0.39, 0.29) is 60.5 Å². The Morgan fingerprint density at radius 2 is 0.754 bits per heavy atom. The molecule has 2 unspecified atom stereocenters. The van der Waals surface area contributed by atoms with Crippen LogP contribution in [0.2, 0.25) is 0 Å². The van der Waals surface area contributed by atoms with E-state index < -0.39 is 36.4 Å². The third-order valence-corrected chi connectivity index (χ3v) is 23.9. The molecular weight excluding hydrogens is 1560 g/mol. The Morgan fingerprint density at radius 3 is 1.02 bits per heavy atom. The molecule has 0 aromatic carbocycles. The van der Waals surface area contributed by atoms with E-state index >= 15 is 0 Å². The lowest BCUT2D eigenvalue weighted by atomic mass is 10.0. The summed E-state index contributed by atoms with van der Waals surface area (Å²) in [5.41, 5.74) is 8.49. The van der Waals surface area contributed by atoms with Crippen molar-refractivity contribution in [2.75, 3.05) is 181 Å². The zero-order chi connectivity index (χ0) is 86.4. The fourth-order valence-electron chi connectivity index (χ4n) is 17.0. The quantitative estimate of drug-likeness (QED) is 0.0592. The van der Waals surface area contributed by atoms with Crippen LogP contribution in [-0.2, 0) is 72.2 Å². The standard InChI is InChI=1S/2C29H36N8O4.C28H33N7O5/c2*1-34(2)22-8-10-36(17-22)24-13-26(31-15-21(24)14-30)33-29(40)37-9-4-6-19-12-20(23(18-38)32-27(19)37)16-35(3)28(39)25-7-5-11-41-25;1-33(27(37)24-6-4-10-40-24)15-19-11-18-5-3-8-35(26(18)31-22(19)17-36)28(38)32-25-12-23(20(13-29)14-30-25)34-9-7-21(16-34)39-2/h2*12-13,15,18,22,25H,4-11,16-17H2,1-3H3,(H,31,33,40);11-12,14,17,21,24H,3-10,15-16H2,1-2H3,(H,30,32,38)/t22-,25+;;21-,24-/m0.1/s1. The number of aldehydes is 3. The normalized spacial score (nSPS) is 20.1. The molecule has 15 rings (SSSR count). The van der Waals surface area contributed by atoms with E-state index in [0.29, 0.717) is 196 Å². The maximum Gasteiger partial charge on any atom is 0.328 e. The van der Waals surface area contributed by atoms with Gasteiger partial charge in [0, 0.05) is 192 Å². The molecular formula is C86H105N23O13. The molecule has 6 atom stereocenters. The van der Waals surface area contributed by atoms with E-state index in [1.165, 1.54) is 33.3 Å². The predicted octanol–water partition coefficient (Wildman–Crippen LogP) is 7.35. The molecule has 6 saturated heterocycles. The number of hydrogen-bond donors (Lipinski definition) is 3. The SMILES string of the molecule is CN(Cc1cc2c(nc1C=O)N(C(=O)Nc1cc(N3CCC(N(C)C)C3)c(C#N)cn1)CCC2)C(=O)C1CCCO1.CN(Cc1cc2c(nc1C=O)N(C(=O)Nc1cc(N3CC[C@H](N(C)C)C3)c(C#N)cn1)CCC2)C(=O)[C@H]1CCCO1.CO[C@@H]1CCN(c2cc(NC(=O)N3CCCc4cc(CN(C)C(=O)[C@H]5CCCO5)c(C=O)nc43)ncc2C#N)C1. The number of pyridine rings is 6. The molecule has 9 aliphatic rings. The summed E-state index contributed by atoms with van der Waals surface area (Å²) in [6.07, 6.45) is 16.9. The van der Waals surface area contributed by atoms with Crippen molar-refractivity contribution in [1.82, 2.24) is 54.4 Å². The minimum absolute atomic E-state index is 0.0829. The third-order valence-electron chi connectivity index (χ3n) is 23.9. The summed E-state index contributed by atoms with van der Waals surface area (Å²) >= 11 is 0. The van der Waals surface area contributed by atoms with Crippen molar-refractivity contribution in [3.05, 3.63) is 122 Å². The number of urea groups is 3. The third kappa shape index (κ3) is 20.2. The highest BCUT2D eigenvalue weighted by Gasteiger charge is 2.37. The summed E-state index contributed by atoms with van der Waals surface area (Å²) in [5.74, 6) is 1.92. The lowest BCUT2D eigenvalue weighted by Gasteiger charge is -2.30. The molecule has 3 N–H and O–H groups in total. The van der Waals surface area contributed by atoms with Crippen molar-refractivity contribution in [3.8, 4) is 18.2 Å². The Labute approximate surface area is 709 Å². The minimum atomic E-state index is -0.447. The lowest BCUT2D eigenvalue weighted by molar-refractivity contribution is -0.140. The number of ether oxygens (including phenoxy) is 4. The molecule has 0 bridgehead atoms. The molecule has 9 aliphatic heterocycles. The van der Waals surface area contributed by atoms with Gasteiger partial charge in [0.05, 0.1) is 39.9 Å². The van der Waals surface area contributed by atoms with E-state index in [9.17, 15) is 58.9 Å². The summed E-state index contributed by atoms with van der Waals surface area (Å²) in [6.45, 7) is 8.27. The zero-order valence-corrected chi connectivity index (χ0v) is 70.4. The Morgan fingerprint density at radius 1 is 0.443 bits per heavy atom. The van der Waals surface area contributed by atoms with E-state index in [1.54, 1.807) is 61.2 Å². The van der Waals surface area contributed by atoms with Gasteiger partial charge in [0.2, 0.25) is 0 Å². The van der Waals surface area contributed by atoms with E-state index in [2.05, 4.69) is 88.6 Å². The van der Waals surface area contributed by atoms with Gasteiger partial charge in [0.15, 0.2) is 18.9 Å². The number of carbonyl (C=O) groups is 9. The molecule has 15 heterocycles. The van der Waals surface area contributed by atoms with Gasteiger partial charge in [-0.2, -0.15) is 15.8 Å². The molecule has 6 aromatic heterocycles. The van der Waals surface area contributed by atoms with Gasteiger partial charge in [0.1, 0.15) is 88.5 Å². The molecule has 0 aliphatic carbocycles. The van der Waals surface area contributed by atoms with Crippen LogP contribution in [0.1, 0.15) is 159 Å². The van der Waals surface area contributed by atoms with Gasteiger partial charge >= 0.3 is 18.1 Å². The number of nitrogens with zero attached hydrogens (tertiary/aromatic N) is 20. The average Bonchev–Trinajstić information content (AvgIpc) is 0.858. The molecule has 6 aromatic rings. The molecule has 0 saturated carbocycles. The number of aromatic nitrogens is 6. The Hall–Kier alpha value is -12.2. The lowest BCUT2D eigenvalue weighted by Crippen LogP contribution is -2.40. The van der Waals surface area contributed by atoms with Gasteiger partial charge in [-0.05, 0) is 159 Å². The monoisotopic (exact) mass is 1670 g/mol. The van der Waals surface area contributed by atoms with Gasteiger partial charge < -0.3 is 58.1 Å². The maximum absolute atomic E-state index is 13.5. The largest absolute Gasteiger partial charge is 0.380 e.